The third kappa shape index (κ3) is 3.36. The van der Waals surface area contributed by atoms with Crippen LogP contribution in [-0.4, -0.2) is 39.4 Å². The molecule has 1 fully saturated rings. The molecule has 0 unspecified atom stereocenters. The molecule has 112 valence electrons. The van der Waals surface area contributed by atoms with Crippen molar-refractivity contribution in [1.82, 2.24) is 4.90 Å². The molecule has 21 heavy (non-hydrogen) atoms. The molecule has 0 atom stereocenters. The largest absolute Gasteiger partial charge is 0.478 e. The third-order valence-electron chi connectivity index (χ3n) is 3.34. The van der Waals surface area contributed by atoms with E-state index in [1.165, 1.54) is 6.07 Å². The SMILES string of the molecule is CCCN(C(=O)c1cc(C(=O)O)cc([N+](=O)[O-])c1)C1CC1. The van der Waals surface area contributed by atoms with Crippen LogP contribution < -0.4 is 0 Å². The van der Waals surface area contributed by atoms with Crippen LogP contribution in [0.15, 0.2) is 18.2 Å². The van der Waals surface area contributed by atoms with E-state index in [4.69, 9.17) is 5.11 Å². The van der Waals surface area contributed by atoms with Gasteiger partial charge in [0.1, 0.15) is 0 Å². The molecule has 0 aliphatic heterocycles. The van der Waals surface area contributed by atoms with Crippen molar-refractivity contribution in [3.63, 3.8) is 0 Å². The van der Waals surface area contributed by atoms with Gasteiger partial charge in [0.15, 0.2) is 0 Å². The van der Waals surface area contributed by atoms with E-state index in [0.29, 0.717) is 6.54 Å². The highest BCUT2D eigenvalue weighted by Gasteiger charge is 2.33. The number of nitro benzene ring substituents is 1. The number of benzene rings is 1. The van der Waals surface area contributed by atoms with Gasteiger partial charge in [0.05, 0.1) is 10.5 Å². The molecule has 0 saturated heterocycles. The van der Waals surface area contributed by atoms with Gasteiger partial charge in [-0.1, -0.05) is 6.92 Å². The lowest BCUT2D eigenvalue weighted by Crippen LogP contribution is -2.33. The quantitative estimate of drug-likeness (QED) is 0.640. The van der Waals surface area contributed by atoms with Crippen molar-refractivity contribution in [3.05, 3.63) is 39.4 Å². The number of carboxylic acid groups (broad SMARTS) is 1. The maximum Gasteiger partial charge on any atom is 0.335 e. The molecule has 1 aliphatic carbocycles. The molecule has 0 spiro atoms. The summed E-state index contributed by atoms with van der Waals surface area (Å²) in [6.45, 7) is 2.51. The molecule has 0 heterocycles. The van der Waals surface area contributed by atoms with Gasteiger partial charge in [-0.3, -0.25) is 14.9 Å². The van der Waals surface area contributed by atoms with Crippen LogP contribution in [0, 0.1) is 10.1 Å². The highest BCUT2D eigenvalue weighted by atomic mass is 16.6. The van der Waals surface area contributed by atoms with Crippen LogP contribution in [0.5, 0.6) is 0 Å². The number of carbonyl (C=O) groups excluding carboxylic acids is 1. The Hall–Kier alpha value is -2.44. The number of carbonyl (C=O) groups is 2. The number of nitro groups is 1. The van der Waals surface area contributed by atoms with E-state index in [-0.39, 0.29) is 28.8 Å². The van der Waals surface area contributed by atoms with Gasteiger partial charge >= 0.3 is 5.97 Å². The first-order valence-electron chi connectivity index (χ1n) is 6.77. The van der Waals surface area contributed by atoms with Crippen molar-refractivity contribution in [3.8, 4) is 0 Å². The zero-order valence-corrected chi connectivity index (χ0v) is 11.6. The Bertz CT molecular complexity index is 563. The molecule has 1 aromatic rings. The maximum absolute atomic E-state index is 12.5. The second-order valence-electron chi connectivity index (χ2n) is 5.06. The Labute approximate surface area is 121 Å². The number of rotatable bonds is 6. The topological polar surface area (TPSA) is 101 Å². The summed E-state index contributed by atoms with van der Waals surface area (Å²) in [5.74, 6) is -1.63. The van der Waals surface area contributed by atoms with Crippen molar-refractivity contribution in [1.29, 1.82) is 0 Å². The lowest BCUT2D eigenvalue weighted by molar-refractivity contribution is -0.384. The van der Waals surface area contributed by atoms with Gasteiger partial charge < -0.3 is 10.0 Å². The first kappa shape index (κ1) is 15.0. The summed E-state index contributed by atoms with van der Waals surface area (Å²) in [5, 5.41) is 19.9. The molecule has 0 bridgehead atoms. The number of carboxylic acids is 1. The van der Waals surface area contributed by atoms with E-state index in [2.05, 4.69) is 0 Å². The van der Waals surface area contributed by atoms with E-state index < -0.39 is 10.9 Å². The molecule has 0 radical (unpaired) electrons. The fraction of sp³-hybridized carbons (Fsp3) is 0.429. The van der Waals surface area contributed by atoms with Crippen LogP contribution >= 0.6 is 0 Å². The Kier molecular flexibility index (Phi) is 4.21. The highest BCUT2D eigenvalue weighted by molar-refractivity contribution is 5.98. The van der Waals surface area contributed by atoms with E-state index in [1.807, 2.05) is 6.92 Å². The minimum absolute atomic E-state index is 0.0574. The lowest BCUT2D eigenvalue weighted by Gasteiger charge is -2.21. The first-order valence-corrected chi connectivity index (χ1v) is 6.77. The predicted molar refractivity (Wildman–Crippen MR) is 74.4 cm³/mol. The number of hydrogen-bond donors (Lipinski definition) is 1. The summed E-state index contributed by atoms with van der Waals surface area (Å²) in [6.07, 6.45) is 2.63. The monoisotopic (exact) mass is 292 g/mol. The van der Waals surface area contributed by atoms with Crippen LogP contribution in [-0.2, 0) is 0 Å². The van der Waals surface area contributed by atoms with Gasteiger partial charge in [0.2, 0.25) is 0 Å². The highest BCUT2D eigenvalue weighted by Crippen LogP contribution is 2.29. The minimum atomic E-state index is -1.29. The van der Waals surface area contributed by atoms with Gasteiger partial charge in [-0.2, -0.15) is 0 Å². The van der Waals surface area contributed by atoms with Crippen molar-refractivity contribution in [2.45, 2.75) is 32.2 Å². The predicted octanol–water partition coefficient (Wildman–Crippen LogP) is 2.31. The number of non-ortho nitro benzene ring substituents is 1. The fourth-order valence-corrected chi connectivity index (χ4v) is 2.21. The van der Waals surface area contributed by atoms with Crippen molar-refractivity contribution in [2.24, 2.45) is 0 Å². The summed E-state index contributed by atoms with van der Waals surface area (Å²) in [6, 6.07) is 3.47. The Balaban J connectivity index is 2.38. The van der Waals surface area contributed by atoms with Gasteiger partial charge in [0.25, 0.3) is 11.6 Å². The van der Waals surface area contributed by atoms with Crippen molar-refractivity contribution in [2.75, 3.05) is 6.54 Å². The lowest BCUT2D eigenvalue weighted by atomic mass is 10.1. The fourth-order valence-electron chi connectivity index (χ4n) is 2.21. The van der Waals surface area contributed by atoms with E-state index in [1.54, 1.807) is 4.90 Å². The smallest absolute Gasteiger partial charge is 0.335 e. The second kappa shape index (κ2) is 5.90. The Morgan fingerprint density at radius 2 is 1.95 bits per heavy atom. The average Bonchev–Trinajstić information content (AvgIpc) is 3.27. The molecule has 1 saturated carbocycles. The molecule has 1 amide bonds. The van der Waals surface area contributed by atoms with Gasteiger partial charge in [0, 0.05) is 30.3 Å². The van der Waals surface area contributed by atoms with Crippen LogP contribution in [0.3, 0.4) is 0 Å². The second-order valence-corrected chi connectivity index (χ2v) is 5.06. The normalized spacial score (nSPS) is 13.8. The molecule has 2 rings (SSSR count). The molecule has 1 N–H and O–H groups in total. The van der Waals surface area contributed by atoms with Crippen molar-refractivity contribution >= 4 is 17.6 Å². The van der Waals surface area contributed by atoms with Crippen molar-refractivity contribution < 1.29 is 19.6 Å². The van der Waals surface area contributed by atoms with Gasteiger partial charge in [-0.05, 0) is 25.3 Å². The maximum atomic E-state index is 12.5. The summed E-state index contributed by atoms with van der Waals surface area (Å²) < 4.78 is 0. The van der Waals surface area contributed by atoms with Crippen LogP contribution in [0.4, 0.5) is 5.69 Å². The van der Waals surface area contributed by atoms with Gasteiger partial charge in [-0.15, -0.1) is 0 Å². The number of hydrogen-bond acceptors (Lipinski definition) is 4. The standard InChI is InChI=1S/C14H16N2O5/c1-2-5-15(11-3-4-11)13(17)9-6-10(14(18)19)8-12(7-9)16(20)21/h6-8,11H,2-5H2,1H3,(H,18,19). The van der Waals surface area contributed by atoms with Crippen LogP contribution in [0.2, 0.25) is 0 Å². The number of amides is 1. The zero-order valence-electron chi connectivity index (χ0n) is 11.6. The summed E-state index contributed by atoms with van der Waals surface area (Å²) in [7, 11) is 0. The molecule has 7 nitrogen and oxygen atoms in total. The Morgan fingerprint density at radius 3 is 2.43 bits per heavy atom. The Morgan fingerprint density at radius 1 is 1.33 bits per heavy atom. The van der Waals surface area contributed by atoms with E-state index >= 15 is 0 Å². The van der Waals surface area contributed by atoms with Crippen LogP contribution in [0.1, 0.15) is 46.9 Å². The summed E-state index contributed by atoms with van der Waals surface area (Å²) >= 11 is 0. The number of nitrogens with zero attached hydrogens (tertiary/aromatic N) is 2. The average molecular weight is 292 g/mol. The third-order valence-corrected chi connectivity index (χ3v) is 3.34. The van der Waals surface area contributed by atoms with Gasteiger partial charge in [-0.25, -0.2) is 4.79 Å². The zero-order chi connectivity index (χ0) is 15.6. The molecular formula is C14H16N2O5. The number of aromatic carboxylic acids is 1. The van der Waals surface area contributed by atoms with Crippen LogP contribution in [0.25, 0.3) is 0 Å². The summed E-state index contributed by atoms with van der Waals surface area (Å²) in [5.41, 5.74) is -0.577. The molecular weight excluding hydrogens is 276 g/mol. The van der Waals surface area contributed by atoms with E-state index in [0.717, 1.165) is 31.4 Å². The molecule has 0 aromatic heterocycles. The first-order chi connectivity index (χ1) is 9.93. The van der Waals surface area contributed by atoms with E-state index in [9.17, 15) is 19.7 Å². The molecule has 1 aromatic carbocycles. The summed E-state index contributed by atoms with van der Waals surface area (Å²) in [4.78, 5) is 35.4. The minimum Gasteiger partial charge on any atom is -0.478 e. The molecule has 7 heteroatoms. The molecule has 1 aliphatic rings.